The number of rotatable bonds is 10. The Balaban J connectivity index is 2.14. The predicted molar refractivity (Wildman–Crippen MR) is 122 cm³/mol. The second kappa shape index (κ2) is 11.2. The average molecular weight is 419 g/mol. The molecule has 0 bridgehead atoms. The van der Waals surface area contributed by atoms with Gasteiger partial charge < -0.3 is 25.4 Å². The van der Waals surface area contributed by atoms with E-state index in [1.807, 2.05) is 18.2 Å². The Morgan fingerprint density at radius 1 is 1.23 bits per heavy atom. The van der Waals surface area contributed by atoms with Crippen molar-refractivity contribution in [3.63, 3.8) is 0 Å². The van der Waals surface area contributed by atoms with Crippen LogP contribution in [0.5, 0.6) is 5.75 Å². The van der Waals surface area contributed by atoms with Crippen molar-refractivity contribution < 1.29 is 14.3 Å². The van der Waals surface area contributed by atoms with Crippen LogP contribution >= 0.6 is 0 Å². The van der Waals surface area contributed by atoms with Gasteiger partial charge >= 0.3 is 0 Å². The number of amides is 1. The predicted octanol–water partition coefficient (Wildman–Crippen LogP) is 3.69. The maximum absolute atomic E-state index is 11.5. The Morgan fingerprint density at radius 2 is 1.97 bits per heavy atom. The molecule has 1 aliphatic rings. The summed E-state index contributed by atoms with van der Waals surface area (Å²) in [6.07, 6.45) is 3.45. The van der Waals surface area contributed by atoms with Crippen molar-refractivity contribution in [2.24, 2.45) is 10.4 Å². The Kier molecular flexibility index (Phi) is 8.96. The van der Waals surface area contributed by atoms with Crippen molar-refractivity contribution in [1.82, 2.24) is 10.6 Å². The first-order valence-electron chi connectivity index (χ1n) is 11.0. The summed E-state index contributed by atoms with van der Waals surface area (Å²) in [5.74, 6) is 1.31. The molecule has 0 spiro atoms. The smallest absolute Gasteiger partial charge is 0.221 e. The number of hydrogen-bond acceptors (Lipinski definition) is 4. The third kappa shape index (κ3) is 5.45. The van der Waals surface area contributed by atoms with Crippen LogP contribution in [0.4, 0.5) is 5.69 Å². The fraction of sp³-hybridized carbons (Fsp3) is 0.652. The molecule has 1 aromatic rings. The van der Waals surface area contributed by atoms with Crippen LogP contribution in [0, 0.1) is 5.41 Å². The zero-order valence-corrected chi connectivity index (χ0v) is 19.3. The lowest BCUT2D eigenvalue weighted by atomic mass is 9.58. The van der Waals surface area contributed by atoms with Gasteiger partial charge in [0.1, 0.15) is 5.75 Å². The summed E-state index contributed by atoms with van der Waals surface area (Å²) in [7, 11) is 1.59. The molecule has 0 radical (unpaired) electrons. The molecule has 2 rings (SSSR count). The maximum atomic E-state index is 11.5. The quantitative estimate of drug-likeness (QED) is 0.399. The van der Waals surface area contributed by atoms with Gasteiger partial charge in [-0.15, -0.1) is 0 Å². The highest BCUT2D eigenvalue weighted by Gasteiger charge is 2.53. The number of hydrogen-bond donors (Lipinski definition) is 3. The van der Waals surface area contributed by atoms with Crippen molar-refractivity contribution in [3.05, 3.63) is 23.8 Å². The molecule has 3 N–H and O–H groups in total. The molecule has 0 aliphatic heterocycles. The van der Waals surface area contributed by atoms with Crippen LogP contribution in [-0.2, 0) is 16.1 Å². The van der Waals surface area contributed by atoms with Crippen LogP contribution in [-0.4, -0.2) is 44.3 Å². The summed E-state index contributed by atoms with van der Waals surface area (Å²) in [4.78, 5) is 16.3. The molecule has 1 aromatic carbocycles. The Labute approximate surface area is 181 Å². The number of nitrogens with zero attached hydrogens (tertiary/aromatic N) is 1. The van der Waals surface area contributed by atoms with Gasteiger partial charge in [-0.05, 0) is 50.8 Å². The molecule has 2 atom stereocenters. The minimum Gasteiger partial charge on any atom is -0.495 e. The van der Waals surface area contributed by atoms with Crippen molar-refractivity contribution in [3.8, 4) is 5.75 Å². The van der Waals surface area contributed by atoms with E-state index in [-0.39, 0.29) is 11.3 Å². The minimum absolute atomic E-state index is 0.131. The van der Waals surface area contributed by atoms with Crippen LogP contribution in [0.25, 0.3) is 0 Å². The fourth-order valence-electron chi connectivity index (χ4n) is 4.38. The molecule has 2 unspecified atom stereocenters. The van der Waals surface area contributed by atoms with E-state index in [0.717, 1.165) is 43.9 Å². The van der Waals surface area contributed by atoms with E-state index in [1.54, 1.807) is 7.11 Å². The first kappa shape index (κ1) is 24.0. The van der Waals surface area contributed by atoms with E-state index in [1.165, 1.54) is 6.92 Å². The van der Waals surface area contributed by atoms with Gasteiger partial charge in [-0.2, -0.15) is 0 Å². The highest BCUT2D eigenvalue weighted by Crippen LogP contribution is 2.48. The molecule has 168 valence electrons. The van der Waals surface area contributed by atoms with Gasteiger partial charge in [0.2, 0.25) is 5.91 Å². The molecular weight excluding hydrogens is 380 g/mol. The van der Waals surface area contributed by atoms with Crippen LogP contribution in [0.1, 0.15) is 59.4 Å². The number of aliphatic imine (C=N–C) groups is 1. The number of carbonyl (C=O) groups is 1. The zero-order chi connectivity index (χ0) is 22.1. The lowest BCUT2D eigenvalue weighted by Gasteiger charge is -2.55. The van der Waals surface area contributed by atoms with Crippen LogP contribution in [0.2, 0.25) is 0 Å². The van der Waals surface area contributed by atoms with E-state index in [0.29, 0.717) is 30.1 Å². The standard InChI is InChI=1S/C23H38N4O3/c1-7-23(8-2)20(14-21(23)30-10-4)27-22(24-9-3)25-15-17-11-12-19(29-6)18(13-17)26-16(5)28/h11-13,20-21H,7-10,14-15H2,1-6H3,(H,26,28)(H2,24,25,27). The third-order valence-electron chi connectivity index (χ3n) is 6.12. The Hall–Kier alpha value is -2.28. The number of guanidine groups is 1. The lowest BCUT2D eigenvalue weighted by molar-refractivity contribution is -0.133. The first-order valence-corrected chi connectivity index (χ1v) is 11.0. The van der Waals surface area contributed by atoms with Crippen molar-refractivity contribution in [2.45, 2.75) is 72.6 Å². The van der Waals surface area contributed by atoms with Gasteiger partial charge in [0, 0.05) is 31.5 Å². The monoisotopic (exact) mass is 418 g/mol. The second-order valence-electron chi connectivity index (χ2n) is 7.73. The summed E-state index contributed by atoms with van der Waals surface area (Å²) in [5.41, 5.74) is 1.80. The molecule has 0 saturated heterocycles. The molecule has 1 amide bonds. The largest absolute Gasteiger partial charge is 0.495 e. The highest BCUT2D eigenvalue weighted by molar-refractivity contribution is 5.90. The van der Waals surface area contributed by atoms with Crippen LogP contribution < -0.4 is 20.7 Å². The normalized spacial score (nSPS) is 20.3. The van der Waals surface area contributed by atoms with Crippen LogP contribution in [0.3, 0.4) is 0 Å². The van der Waals surface area contributed by atoms with Crippen molar-refractivity contribution >= 4 is 17.6 Å². The maximum Gasteiger partial charge on any atom is 0.221 e. The van der Waals surface area contributed by atoms with Gasteiger partial charge in [-0.3, -0.25) is 4.79 Å². The Bertz CT molecular complexity index is 731. The summed E-state index contributed by atoms with van der Waals surface area (Å²) in [5, 5.41) is 9.81. The number of ether oxygens (including phenoxy) is 2. The van der Waals surface area contributed by atoms with E-state index >= 15 is 0 Å². The summed E-state index contributed by atoms with van der Waals surface area (Å²) in [6, 6.07) is 6.07. The van der Waals surface area contributed by atoms with E-state index < -0.39 is 0 Å². The third-order valence-corrected chi connectivity index (χ3v) is 6.12. The van der Waals surface area contributed by atoms with Gasteiger partial charge in [0.05, 0.1) is 25.4 Å². The van der Waals surface area contributed by atoms with Crippen molar-refractivity contribution in [1.29, 1.82) is 0 Å². The molecular formula is C23H38N4O3. The van der Waals surface area contributed by atoms with Crippen molar-refractivity contribution in [2.75, 3.05) is 25.6 Å². The molecule has 0 aromatic heterocycles. The van der Waals surface area contributed by atoms with E-state index in [9.17, 15) is 4.79 Å². The first-order chi connectivity index (χ1) is 14.4. The average Bonchev–Trinajstić information content (AvgIpc) is 2.72. The number of carbonyl (C=O) groups excluding carboxylic acids is 1. The fourth-order valence-corrected chi connectivity index (χ4v) is 4.38. The number of anilines is 1. The Morgan fingerprint density at radius 3 is 2.53 bits per heavy atom. The molecule has 1 aliphatic carbocycles. The van der Waals surface area contributed by atoms with Gasteiger partial charge in [-0.1, -0.05) is 19.9 Å². The topological polar surface area (TPSA) is 84.0 Å². The number of benzene rings is 1. The van der Waals surface area contributed by atoms with Gasteiger partial charge in [0.25, 0.3) is 0 Å². The molecule has 1 saturated carbocycles. The second-order valence-corrected chi connectivity index (χ2v) is 7.73. The van der Waals surface area contributed by atoms with E-state index in [4.69, 9.17) is 14.5 Å². The van der Waals surface area contributed by atoms with Gasteiger partial charge in [0.15, 0.2) is 5.96 Å². The molecule has 1 fully saturated rings. The number of methoxy groups -OCH3 is 1. The minimum atomic E-state index is -0.131. The van der Waals surface area contributed by atoms with Gasteiger partial charge in [-0.25, -0.2) is 4.99 Å². The molecule has 0 heterocycles. The SMILES string of the molecule is CCNC(=NCc1ccc(OC)c(NC(C)=O)c1)NC1CC(OCC)C1(CC)CC. The van der Waals surface area contributed by atoms with E-state index in [2.05, 4.69) is 43.6 Å². The summed E-state index contributed by atoms with van der Waals surface area (Å²) >= 11 is 0. The van der Waals surface area contributed by atoms with Crippen LogP contribution in [0.15, 0.2) is 23.2 Å². The zero-order valence-electron chi connectivity index (χ0n) is 19.3. The summed E-state index contributed by atoms with van der Waals surface area (Å²) < 4.78 is 11.3. The number of nitrogens with one attached hydrogen (secondary N) is 3. The molecule has 7 nitrogen and oxygen atoms in total. The molecule has 30 heavy (non-hydrogen) atoms. The highest BCUT2D eigenvalue weighted by atomic mass is 16.5. The molecule has 7 heteroatoms. The summed E-state index contributed by atoms with van der Waals surface area (Å²) in [6.45, 7) is 12.1. The lowest BCUT2D eigenvalue weighted by Crippen LogP contribution is -2.65.